The Labute approximate surface area is 140 Å². The minimum atomic E-state index is -2.33. The molecule has 0 bridgehead atoms. The van der Waals surface area contributed by atoms with E-state index in [0.717, 1.165) is 19.9 Å². The summed E-state index contributed by atoms with van der Waals surface area (Å²) in [6.07, 6.45) is 1.51. The van der Waals surface area contributed by atoms with E-state index in [-0.39, 0.29) is 6.61 Å². The van der Waals surface area contributed by atoms with Crippen LogP contribution in [0, 0.1) is 5.41 Å². The molecule has 1 atom stereocenters. The highest BCUT2D eigenvalue weighted by molar-refractivity contribution is 6.12. The van der Waals surface area contributed by atoms with Crippen LogP contribution in [0.1, 0.15) is 41.5 Å². The first-order valence-corrected chi connectivity index (χ1v) is 7.20. The second-order valence-electron chi connectivity index (χ2n) is 6.00. The molecule has 0 heterocycles. The molecule has 0 aliphatic heterocycles. The van der Waals surface area contributed by atoms with Crippen molar-refractivity contribution >= 4 is 29.7 Å². The van der Waals surface area contributed by atoms with Gasteiger partial charge in [0.15, 0.2) is 5.78 Å². The van der Waals surface area contributed by atoms with Crippen LogP contribution in [0.4, 0.5) is 0 Å². The van der Waals surface area contributed by atoms with Crippen molar-refractivity contribution in [2.24, 2.45) is 5.41 Å². The largest absolute Gasteiger partial charge is 0.463 e. The first-order valence-electron chi connectivity index (χ1n) is 7.20. The van der Waals surface area contributed by atoms with E-state index in [2.05, 4.69) is 9.47 Å². The third-order valence-electron chi connectivity index (χ3n) is 2.69. The van der Waals surface area contributed by atoms with Crippen molar-refractivity contribution in [1.82, 2.24) is 0 Å². The molecule has 24 heavy (non-hydrogen) atoms. The van der Waals surface area contributed by atoms with Crippen LogP contribution in [0.2, 0.25) is 0 Å². The Morgan fingerprint density at radius 1 is 0.917 bits per heavy atom. The van der Waals surface area contributed by atoms with E-state index in [1.54, 1.807) is 6.92 Å². The van der Waals surface area contributed by atoms with E-state index >= 15 is 0 Å². The summed E-state index contributed by atoms with van der Waals surface area (Å²) in [6, 6.07) is 0. The van der Waals surface area contributed by atoms with Crippen LogP contribution in [0.5, 0.6) is 0 Å². The number of carbonyl (C=O) groups is 5. The number of ether oxygens (including phenoxy) is 3. The second kappa shape index (κ2) is 8.37. The molecule has 8 heteroatoms. The molecular formula is C16H22O8. The molecule has 134 valence electrons. The quantitative estimate of drug-likeness (QED) is 0.305. The van der Waals surface area contributed by atoms with Gasteiger partial charge in [-0.15, -0.1) is 0 Å². The molecule has 0 rings (SSSR count). The van der Waals surface area contributed by atoms with Crippen molar-refractivity contribution in [3.8, 4) is 0 Å². The van der Waals surface area contributed by atoms with Gasteiger partial charge in [-0.25, -0.2) is 14.4 Å². The first kappa shape index (κ1) is 21.5. The van der Waals surface area contributed by atoms with E-state index in [1.165, 1.54) is 20.8 Å². The monoisotopic (exact) mass is 342 g/mol. The van der Waals surface area contributed by atoms with Gasteiger partial charge >= 0.3 is 23.9 Å². The number of rotatable bonds is 6. The molecule has 1 unspecified atom stereocenters. The van der Waals surface area contributed by atoms with Gasteiger partial charge in [0, 0.05) is 24.5 Å². The van der Waals surface area contributed by atoms with E-state index < -0.39 is 40.7 Å². The Morgan fingerprint density at radius 2 is 1.42 bits per heavy atom. The van der Waals surface area contributed by atoms with Gasteiger partial charge < -0.3 is 14.2 Å². The molecule has 0 saturated carbocycles. The average Bonchev–Trinajstić information content (AvgIpc) is 2.42. The standard InChI is InChI=1S/C16H22O8/c1-7-22-11(18)8-9-12(19)24-16(6,13(20)15(3,4)5)14(21)23-10(2)17/h8-9H,7H2,1-6H3. The van der Waals surface area contributed by atoms with Gasteiger partial charge in [-0.3, -0.25) is 9.59 Å². The van der Waals surface area contributed by atoms with Gasteiger partial charge in [0.05, 0.1) is 6.61 Å². The lowest BCUT2D eigenvalue weighted by atomic mass is 9.81. The van der Waals surface area contributed by atoms with Crippen LogP contribution < -0.4 is 0 Å². The number of hydrogen-bond acceptors (Lipinski definition) is 8. The summed E-state index contributed by atoms with van der Waals surface area (Å²) >= 11 is 0. The maximum Gasteiger partial charge on any atom is 0.365 e. The topological polar surface area (TPSA) is 113 Å². The minimum absolute atomic E-state index is 0.114. The molecule has 0 aromatic rings. The summed E-state index contributed by atoms with van der Waals surface area (Å²) < 4.78 is 13.9. The van der Waals surface area contributed by atoms with Crippen LogP contribution in [-0.2, 0) is 38.2 Å². The van der Waals surface area contributed by atoms with Gasteiger partial charge in [0.1, 0.15) is 0 Å². The predicted molar refractivity (Wildman–Crippen MR) is 81.5 cm³/mol. The third-order valence-corrected chi connectivity index (χ3v) is 2.69. The van der Waals surface area contributed by atoms with E-state index in [4.69, 9.17) is 4.74 Å². The lowest BCUT2D eigenvalue weighted by Gasteiger charge is -2.30. The fourth-order valence-corrected chi connectivity index (χ4v) is 1.69. The highest BCUT2D eigenvalue weighted by atomic mass is 16.6. The maximum atomic E-state index is 12.5. The zero-order valence-corrected chi connectivity index (χ0v) is 14.6. The summed E-state index contributed by atoms with van der Waals surface area (Å²) in [5.74, 6) is -4.95. The average molecular weight is 342 g/mol. The molecule has 0 N–H and O–H groups in total. The molecule has 0 aromatic carbocycles. The molecule has 0 radical (unpaired) electrons. The van der Waals surface area contributed by atoms with Gasteiger partial charge in [-0.05, 0) is 13.8 Å². The molecule has 0 aliphatic carbocycles. The van der Waals surface area contributed by atoms with E-state index in [1.807, 2.05) is 0 Å². The molecule has 0 spiro atoms. The SMILES string of the molecule is CCOC(=O)C=CC(=O)OC(C)(C(=O)OC(C)=O)C(=O)C(C)(C)C. The highest BCUT2D eigenvalue weighted by Gasteiger charge is 2.51. The first-order chi connectivity index (χ1) is 10.8. The Hall–Kier alpha value is -2.51. The van der Waals surface area contributed by atoms with E-state index in [0.29, 0.717) is 6.08 Å². The lowest BCUT2D eigenvalue weighted by molar-refractivity contribution is -0.186. The minimum Gasteiger partial charge on any atom is -0.463 e. The summed E-state index contributed by atoms with van der Waals surface area (Å²) in [4.78, 5) is 58.5. The van der Waals surface area contributed by atoms with Gasteiger partial charge in [-0.2, -0.15) is 0 Å². The molecule has 0 saturated heterocycles. The predicted octanol–water partition coefficient (Wildman–Crippen LogP) is 1.11. The van der Waals surface area contributed by atoms with Crippen molar-refractivity contribution in [3.63, 3.8) is 0 Å². The van der Waals surface area contributed by atoms with Gasteiger partial charge in [0.2, 0.25) is 0 Å². The molecule has 8 nitrogen and oxygen atoms in total. The number of ketones is 1. The molecular weight excluding hydrogens is 320 g/mol. The maximum absolute atomic E-state index is 12.5. The van der Waals surface area contributed by atoms with Crippen LogP contribution >= 0.6 is 0 Å². The van der Waals surface area contributed by atoms with Crippen molar-refractivity contribution < 1.29 is 38.2 Å². The van der Waals surface area contributed by atoms with Gasteiger partial charge in [-0.1, -0.05) is 20.8 Å². The number of carbonyl (C=O) groups excluding carboxylic acids is 5. The Kier molecular flexibility index (Phi) is 7.50. The molecule has 0 aliphatic rings. The molecule has 0 fully saturated rings. The highest BCUT2D eigenvalue weighted by Crippen LogP contribution is 2.27. The third kappa shape index (κ3) is 6.31. The van der Waals surface area contributed by atoms with Gasteiger partial charge in [0.25, 0.3) is 5.60 Å². The summed E-state index contributed by atoms with van der Waals surface area (Å²) in [5.41, 5.74) is -3.39. The number of esters is 4. The van der Waals surface area contributed by atoms with Crippen LogP contribution in [0.25, 0.3) is 0 Å². The van der Waals surface area contributed by atoms with Crippen molar-refractivity contribution in [3.05, 3.63) is 12.2 Å². The zero-order chi connectivity index (χ0) is 19.1. The van der Waals surface area contributed by atoms with Crippen molar-refractivity contribution in [2.75, 3.05) is 6.61 Å². The summed E-state index contributed by atoms with van der Waals surface area (Å²) in [6.45, 7) is 8.24. The normalized spacial score (nSPS) is 13.8. The van der Waals surface area contributed by atoms with Crippen LogP contribution in [0.3, 0.4) is 0 Å². The fraction of sp³-hybridized carbons (Fsp3) is 0.562. The molecule has 0 amide bonds. The van der Waals surface area contributed by atoms with Crippen LogP contribution in [0.15, 0.2) is 12.2 Å². The van der Waals surface area contributed by atoms with E-state index in [9.17, 15) is 24.0 Å². The Bertz CT molecular complexity index is 567. The smallest absolute Gasteiger partial charge is 0.365 e. The Balaban J connectivity index is 5.46. The van der Waals surface area contributed by atoms with Crippen molar-refractivity contribution in [2.45, 2.75) is 47.1 Å². The van der Waals surface area contributed by atoms with Crippen molar-refractivity contribution in [1.29, 1.82) is 0 Å². The molecule has 0 aromatic heterocycles. The summed E-state index contributed by atoms with van der Waals surface area (Å²) in [5, 5.41) is 0. The number of hydrogen-bond donors (Lipinski definition) is 0. The Morgan fingerprint density at radius 3 is 1.83 bits per heavy atom. The summed E-state index contributed by atoms with van der Waals surface area (Å²) in [7, 11) is 0. The zero-order valence-electron chi connectivity index (χ0n) is 14.6. The lowest BCUT2D eigenvalue weighted by Crippen LogP contribution is -2.53. The van der Waals surface area contributed by atoms with Crippen LogP contribution in [-0.4, -0.2) is 41.9 Å². The fourth-order valence-electron chi connectivity index (χ4n) is 1.69. The second-order valence-corrected chi connectivity index (χ2v) is 6.00. The number of Topliss-reactive ketones (excluding diaryl/α,β-unsaturated/α-hetero) is 1.